The zero-order valence-electron chi connectivity index (χ0n) is 15.7. The fourth-order valence-corrected chi connectivity index (χ4v) is 3.00. The molecule has 0 aliphatic rings. The first kappa shape index (κ1) is 21.4. The van der Waals surface area contributed by atoms with E-state index in [-0.39, 0.29) is 6.42 Å². The predicted octanol–water partition coefficient (Wildman–Crippen LogP) is 2.83. The molecule has 1 aromatic heterocycles. The molecule has 0 aliphatic carbocycles. The minimum Gasteiger partial charge on any atom is -0.494 e. The number of thiophene rings is 1. The van der Waals surface area contributed by atoms with Crippen LogP contribution in [0.25, 0.3) is 0 Å². The number of imide groups is 1. The molecule has 0 aliphatic heterocycles. The van der Waals surface area contributed by atoms with E-state index in [9.17, 15) is 14.4 Å². The second-order valence-electron chi connectivity index (χ2n) is 6.06. The SMILES string of the molecule is Cc1cccc(OCCCC(=O)OCC(=O)NC(=O)NCCc2cccs2)c1. The van der Waals surface area contributed by atoms with Crippen molar-refractivity contribution in [3.63, 3.8) is 0 Å². The van der Waals surface area contributed by atoms with Crippen molar-refractivity contribution in [1.29, 1.82) is 0 Å². The quantitative estimate of drug-likeness (QED) is 0.469. The average Bonchev–Trinajstić information content (AvgIpc) is 3.17. The molecule has 2 rings (SSSR count). The average molecular weight is 404 g/mol. The van der Waals surface area contributed by atoms with Gasteiger partial charge in [-0.25, -0.2) is 4.79 Å². The Hall–Kier alpha value is -2.87. The third kappa shape index (κ3) is 8.68. The van der Waals surface area contributed by atoms with Crippen LogP contribution in [0, 0.1) is 6.92 Å². The van der Waals surface area contributed by atoms with Crippen molar-refractivity contribution in [2.45, 2.75) is 26.2 Å². The van der Waals surface area contributed by atoms with Crippen molar-refractivity contribution in [3.8, 4) is 5.75 Å². The molecule has 2 aromatic rings. The van der Waals surface area contributed by atoms with Crippen LogP contribution >= 0.6 is 11.3 Å². The van der Waals surface area contributed by atoms with Crippen LogP contribution in [0.5, 0.6) is 5.75 Å². The van der Waals surface area contributed by atoms with Gasteiger partial charge in [0.1, 0.15) is 5.75 Å². The number of benzene rings is 1. The Labute approximate surface area is 168 Å². The summed E-state index contributed by atoms with van der Waals surface area (Å²) in [5, 5.41) is 6.66. The molecule has 0 spiro atoms. The number of carbonyl (C=O) groups is 3. The standard InChI is InChI=1S/C20H24N2O5S/c1-15-5-2-6-16(13-15)26-11-3-8-19(24)27-14-18(23)22-20(25)21-10-9-17-7-4-12-28-17/h2,4-7,12-13H,3,8-11,14H2,1H3,(H2,21,22,23,25). The van der Waals surface area contributed by atoms with Gasteiger partial charge in [-0.3, -0.25) is 14.9 Å². The van der Waals surface area contributed by atoms with Crippen molar-refractivity contribution in [2.24, 2.45) is 0 Å². The van der Waals surface area contributed by atoms with Crippen molar-refractivity contribution >= 4 is 29.2 Å². The summed E-state index contributed by atoms with van der Waals surface area (Å²) < 4.78 is 10.4. The summed E-state index contributed by atoms with van der Waals surface area (Å²) in [6, 6.07) is 10.9. The van der Waals surface area contributed by atoms with Gasteiger partial charge in [-0.05, 0) is 48.9 Å². The maximum absolute atomic E-state index is 11.6. The maximum Gasteiger partial charge on any atom is 0.321 e. The number of esters is 1. The van der Waals surface area contributed by atoms with Gasteiger partial charge in [0.2, 0.25) is 0 Å². The highest BCUT2D eigenvalue weighted by molar-refractivity contribution is 7.09. The molecule has 2 N–H and O–H groups in total. The minimum absolute atomic E-state index is 0.131. The first-order chi connectivity index (χ1) is 13.5. The van der Waals surface area contributed by atoms with Gasteiger partial charge < -0.3 is 14.8 Å². The van der Waals surface area contributed by atoms with E-state index in [0.29, 0.717) is 26.0 Å². The first-order valence-electron chi connectivity index (χ1n) is 8.98. The van der Waals surface area contributed by atoms with Gasteiger partial charge in [0.25, 0.3) is 5.91 Å². The van der Waals surface area contributed by atoms with Crippen molar-refractivity contribution in [1.82, 2.24) is 10.6 Å². The van der Waals surface area contributed by atoms with E-state index in [1.165, 1.54) is 0 Å². The highest BCUT2D eigenvalue weighted by Crippen LogP contribution is 2.12. The van der Waals surface area contributed by atoms with Gasteiger partial charge in [0.05, 0.1) is 6.61 Å². The molecule has 0 saturated carbocycles. The Kier molecular flexibility index (Phi) is 9.00. The summed E-state index contributed by atoms with van der Waals surface area (Å²) in [6.07, 6.45) is 1.29. The molecule has 0 fully saturated rings. The van der Waals surface area contributed by atoms with Gasteiger partial charge in [-0.15, -0.1) is 11.3 Å². The first-order valence-corrected chi connectivity index (χ1v) is 9.86. The van der Waals surface area contributed by atoms with Gasteiger partial charge in [-0.1, -0.05) is 18.2 Å². The van der Waals surface area contributed by atoms with E-state index in [1.807, 2.05) is 48.7 Å². The third-order valence-electron chi connectivity index (χ3n) is 3.64. The lowest BCUT2D eigenvalue weighted by atomic mass is 10.2. The number of hydrogen-bond donors (Lipinski definition) is 2. The monoisotopic (exact) mass is 404 g/mol. The molecule has 150 valence electrons. The summed E-state index contributed by atoms with van der Waals surface area (Å²) in [4.78, 5) is 36.0. The second kappa shape index (κ2) is 11.8. The lowest BCUT2D eigenvalue weighted by molar-refractivity contribution is -0.148. The lowest BCUT2D eigenvalue weighted by Crippen LogP contribution is -2.42. The van der Waals surface area contributed by atoms with Crippen LogP contribution in [-0.2, 0) is 20.7 Å². The van der Waals surface area contributed by atoms with E-state index in [4.69, 9.17) is 9.47 Å². The van der Waals surface area contributed by atoms with Crippen LogP contribution in [-0.4, -0.2) is 37.7 Å². The molecule has 1 heterocycles. The zero-order chi connectivity index (χ0) is 20.2. The smallest absolute Gasteiger partial charge is 0.321 e. The summed E-state index contributed by atoms with van der Waals surface area (Å²) in [5.74, 6) is -0.433. The number of rotatable bonds is 10. The molecule has 28 heavy (non-hydrogen) atoms. The van der Waals surface area contributed by atoms with E-state index in [2.05, 4.69) is 10.6 Å². The predicted molar refractivity (Wildman–Crippen MR) is 106 cm³/mol. The van der Waals surface area contributed by atoms with Gasteiger partial charge >= 0.3 is 12.0 Å². The number of amides is 3. The molecule has 8 heteroatoms. The molecule has 7 nitrogen and oxygen atoms in total. The fourth-order valence-electron chi connectivity index (χ4n) is 2.29. The number of ether oxygens (including phenoxy) is 2. The van der Waals surface area contributed by atoms with Crippen LogP contribution in [0.2, 0.25) is 0 Å². The van der Waals surface area contributed by atoms with Crippen LogP contribution in [0.15, 0.2) is 41.8 Å². The number of hydrogen-bond acceptors (Lipinski definition) is 6. The summed E-state index contributed by atoms with van der Waals surface area (Å²) >= 11 is 1.60. The number of urea groups is 1. The highest BCUT2D eigenvalue weighted by atomic mass is 32.1. The topological polar surface area (TPSA) is 93.7 Å². The van der Waals surface area contributed by atoms with Crippen LogP contribution in [0.1, 0.15) is 23.3 Å². The van der Waals surface area contributed by atoms with Gasteiger partial charge in [-0.2, -0.15) is 0 Å². The Morgan fingerprint density at radius 3 is 2.75 bits per heavy atom. The normalized spacial score (nSPS) is 10.2. The lowest BCUT2D eigenvalue weighted by Gasteiger charge is -2.08. The number of aryl methyl sites for hydroxylation is 1. The molecule has 0 radical (unpaired) electrons. The van der Waals surface area contributed by atoms with Crippen LogP contribution in [0.4, 0.5) is 4.79 Å². The van der Waals surface area contributed by atoms with Crippen molar-refractivity contribution < 1.29 is 23.9 Å². The Balaban J connectivity index is 1.51. The molecule has 3 amide bonds. The van der Waals surface area contributed by atoms with Crippen molar-refractivity contribution in [2.75, 3.05) is 19.8 Å². The van der Waals surface area contributed by atoms with Gasteiger partial charge in [0, 0.05) is 17.8 Å². The molecular weight excluding hydrogens is 380 g/mol. The molecular formula is C20H24N2O5S. The van der Waals surface area contributed by atoms with Crippen molar-refractivity contribution in [3.05, 3.63) is 52.2 Å². The molecule has 0 saturated heterocycles. The third-order valence-corrected chi connectivity index (χ3v) is 4.57. The van der Waals surface area contributed by atoms with E-state index in [1.54, 1.807) is 11.3 Å². The Morgan fingerprint density at radius 1 is 1.14 bits per heavy atom. The maximum atomic E-state index is 11.6. The van der Waals surface area contributed by atoms with E-state index < -0.39 is 24.5 Å². The van der Waals surface area contributed by atoms with E-state index in [0.717, 1.165) is 16.2 Å². The van der Waals surface area contributed by atoms with Crippen LogP contribution < -0.4 is 15.4 Å². The second-order valence-corrected chi connectivity index (χ2v) is 7.09. The summed E-state index contributed by atoms with van der Waals surface area (Å²) in [7, 11) is 0. The Bertz CT molecular complexity index is 777. The summed E-state index contributed by atoms with van der Waals surface area (Å²) in [6.45, 7) is 2.27. The minimum atomic E-state index is -0.669. The largest absolute Gasteiger partial charge is 0.494 e. The van der Waals surface area contributed by atoms with Gasteiger partial charge in [0.15, 0.2) is 6.61 Å². The fraction of sp³-hybridized carbons (Fsp3) is 0.350. The highest BCUT2D eigenvalue weighted by Gasteiger charge is 2.11. The van der Waals surface area contributed by atoms with E-state index >= 15 is 0 Å². The molecule has 0 atom stereocenters. The zero-order valence-corrected chi connectivity index (χ0v) is 16.6. The molecule has 0 unspecified atom stereocenters. The molecule has 0 bridgehead atoms. The van der Waals surface area contributed by atoms with Crippen LogP contribution in [0.3, 0.4) is 0 Å². The molecule has 1 aromatic carbocycles. The number of carbonyl (C=O) groups excluding carboxylic acids is 3. The summed E-state index contributed by atoms with van der Waals surface area (Å²) in [5.41, 5.74) is 1.10. The Morgan fingerprint density at radius 2 is 2.00 bits per heavy atom. The number of nitrogens with one attached hydrogen (secondary N) is 2.